The Hall–Kier alpha value is -3.52. The van der Waals surface area contributed by atoms with E-state index in [2.05, 4.69) is 39.2 Å². The lowest BCUT2D eigenvalue weighted by Gasteiger charge is -2.19. The van der Waals surface area contributed by atoms with Gasteiger partial charge in [-0.1, -0.05) is 26.0 Å². The van der Waals surface area contributed by atoms with Gasteiger partial charge in [-0.3, -0.25) is 15.2 Å². The van der Waals surface area contributed by atoms with Crippen molar-refractivity contribution in [1.29, 1.82) is 0 Å². The molecule has 0 saturated heterocycles. The molecule has 2 heterocycles. The van der Waals surface area contributed by atoms with Crippen molar-refractivity contribution in [3.8, 4) is 11.3 Å². The SMILES string of the molecule is CCN(CC)CCn1c(NC(=O)c2cc(-c3ccc(F)cc3)n[nH]2)nc2ccccc21. The van der Waals surface area contributed by atoms with Crippen LogP contribution >= 0.6 is 0 Å². The van der Waals surface area contributed by atoms with Crippen molar-refractivity contribution in [3.63, 3.8) is 0 Å². The standard InChI is InChI=1S/C23H25FN6O/c1-3-29(4-2)13-14-30-21-8-6-5-7-18(21)25-23(30)26-22(31)20-15-19(27-28-20)16-9-11-17(24)12-10-16/h5-12,15H,3-4,13-14H2,1-2H3,(H,27,28)(H,25,26,31). The number of fused-ring (bicyclic) bond motifs is 1. The summed E-state index contributed by atoms with van der Waals surface area (Å²) in [5.41, 5.74) is 3.40. The Morgan fingerprint density at radius 1 is 1.13 bits per heavy atom. The second-order valence-electron chi connectivity index (χ2n) is 7.23. The number of anilines is 1. The first-order chi connectivity index (χ1) is 15.1. The van der Waals surface area contributed by atoms with Crippen molar-refractivity contribution in [1.82, 2.24) is 24.6 Å². The minimum Gasteiger partial charge on any atom is -0.309 e. The van der Waals surface area contributed by atoms with Gasteiger partial charge >= 0.3 is 0 Å². The smallest absolute Gasteiger partial charge is 0.275 e. The van der Waals surface area contributed by atoms with Crippen LogP contribution < -0.4 is 5.32 Å². The second kappa shape index (κ2) is 9.09. The molecule has 0 saturated carbocycles. The summed E-state index contributed by atoms with van der Waals surface area (Å²) < 4.78 is 15.2. The second-order valence-corrected chi connectivity index (χ2v) is 7.23. The fraction of sp³-hybridized carbons (Fsp3) is 0.261. The zero-order valence-electron chi connectivity index (χ0n) is 17.6. The van der Waals surface area contributed by atoms with E-state index in [1.54, 1.807) is 18.2 Å². The number of aromatic amines is 1. The molecule has 160 valence electrons. The molecule has 2 aromatic carbocycles. The number of carbonyl (C=O) groups is 1. The van der Waals surface area contributed by atoms with Crippen LogP contribution in [0.3, 0.4) is 0 Å². The fourth-order valence-electron chi connectivity index (χ4n) is 3.55. The predicted octanol–water partition coefficient (Wildman–Crippen LogP) is 4.16. The number of H-pyrrole nitrogens is 1. The number of aromatic nitrogens is 4. The molecule has 4 rings (SSSR count). The lowest BCUT2D eigenvalue weighted by molar-refractivity contribution is 0.102. The van der Waals surface area contributed by atoms with E-state index < -0.39 is 0 Å². The van der Waals surface area contributed by atoms with E-state index in [9.17, 15) is 9.18 Å². The summed E-state index contributed by atoms with van der Waals surface area (Å²) >= 11 is 0. The number of para-hydroxylation sites is 2. The number of hydrogen-bond donors (Lipinski definition) is 2. The van der Waals surface area contributed by atoms with Crippen molar-refractivity contribution in [2.45, 2.75) is 20.4 Å². The predicted molar refractivity (Wildman–Crippen MR) is 119 cm³/mol. The van der Waals surface area contributed by atoms with Gasteiger partial charge in [-0.05, 0) is 55.6 Å². The Morgan fingerprint density at radius 2 is 1.87 bits per heavy atom. The van der Waals surface area contributed by atoms with E-state index in [4.69, 9.17) is 0 Å². The summed E-state index contributed by atoms with van der Waals surface area (Å²) in [5, 5.41) is 9.86. The molecule has 0 unspecified atom stereocenters. The van der Waals surface area contributed by atoms with Crippen molar-refractivity contribution in [3.05, 3.63) is 66.1 Å². The van der Waals surface area contributed by atoms with Crippen LogP contribution in [0.25, 0.3) is 22.3 Å². The Kier molecular flexibility index (Phi) is 6.08. The average molecular weight is 420 g/mol. The molecular weight excluding hydrogens is 395 g/mol. The number of rotatable bonds is 8. The summed E-state index contributed by atoms with van der Waals surface area (Å²) in [4.78, 5) is 19.8. The van der Waals surface area contributed by atoms with Gasteiger partial charge in [-0.25, -0.2) is 9.37 Å². The van der Waals surface area contributed by atoms with Crippen LogP contribution in [0.4, 0.5) is 10.3 Å². The Labute approximate surface area is 179 Å². The quantitative estimate of drug-likeness (QED) is 0.449. The number of carbonyl (C=O) groups excluding carboxylic acids is 1. The maximum Gasteiger partial charge on any atom is 0.275 e. The summed E-state index contributed by atoms with van der Waals surface area (Å²) in [6.45, 7) is 7.76. The number of amides is 1. The first kappa shape index (κ1) is 20.7. The first-order valence-electron chi connectivity index (χ1n) is 10.4. The van der Waals surface area contributed by atoms with Crippen LogP contribution in [0.1, 0.15) is 24.3 Å². The van der Waals surface area contributed by atoms with Gasteiger partial charge in [0.25, 0.3) is 5.91 Å². The normalized spacial score (nSPS) is 11.4. The largest absolute Gasteiger partial charge is 0.309 e. The molecule has 0 spiro atoms. The van der Waals surface area contributed by atoms with Crippen LogP contribution in [0.5, 0.6) is 0 Å². The van der Waals surface area contributed by atoms with Crippen LogP contribution in [-0.2, 0) is 6.54 Å². The minimum absolute atomic E-state index is 0.307. The third-order valence-corrected chi connectivity index (χ3v) is 5.38. The third kappa shape index (κ3) is 4.49. The van der Waals surface area contributed by atoms with Crippen LogP contribution in [0.2, 0.25) is 0 Å². The average Bonchev–Trinajstić information content (AvgIpc) is 3.40. The van der Waals surface area contributed by atoms with E-state index >= 15 is 0 Å². The van der Waals surface area contributed by atoms with Crippen molar-refractivity contribution < 1.29 is 9.18 Å². The highest BCUT2D eigenvalue weighted by molar-refractivity contribution is 6.03. The minimum atomic E-state index is -0.333. The van der Waals surface area contributed by atoms with Gasteiger partial charge in [0.15, 0.2) is 0 Å². The Bertz CT molecular complexity index is 1180. The number of hydrogen-bond acceptors (Lipinski definition) is 4. The number of benzene rings is 2. The van der Waals surface area contributed by atoms with Crippen molar-refractivity contribution >= 4 is 22.9 Å². The maximum atomic E-state index is 13.2. The molecule has 31 heavy (non-hydrogen) atoms. The van der Waals surface area contributed by atoms with Gasteiger partial charge in [-0.15, -0.1) is 0 Å². The molecule has 1 amide bonds. The molecular formula is C23H25FN6O. The third-order valence-electron chi connectivity index (χ3n) is 5.38. The van der Waals surface area contributed by atoms with E-state index in [1.807, 2.05) is 28.8 Å². The lowest BCUT2D eigenvalue weighted by atomic mass is 10.1. The summed E-state index contributed by atoms with van der Waals surface area (Å²) in [5.74, 6) is -0.155. The topological polar surface area (TPSA) is 78.8 Å². The molecule has 2 aromatic heterocycles. The Morgan fingerprint density at radius 3 is 2.61 bits per heavy atom. The molecule has 0 aliphatic carbocycles. The number of halogens is 1. The maximum absolute atomic E-state index is 13.2. The molecule has 8 heteroatoms. The highest BCUT2D eigenvalue weighted by Crippen LogP contribution is 2.22. The van der Waals surface area contributed by atoms with Gasteiger partial charge in [0, 0.05) is 18.7 Å². The number of likely N-dealkylation sites (N-methyl/N-ethyl adjacent to an activating group) is 1. The van der Waals surface area contributed by atoms with Crippen molar-refractivity contribution in [2.75, 3.05) is 25.0 Å². The van der Waals surface area contributed by atoms with Gasteiger partial charge in [0.1, 0.15) is 11.5 Å². The zero-order valence-corrected chi connectivity index (χ0v) is 17.6. The molecule has 0 radical (unpaired) electrons. The fourth-order valence-corrected chi connectivity index (χ4v) is 3.55. The van der Waals surface area contributed by atoms with Gasteiger partial charge in [0.05, 0.1) is 16.7 Å². The summed E-state index contributed by atoms with van der Waals surface area (Å²) in [6, 6.07) is 15.5. The molecule has 4 aromatic rings. The molecule has 0 atom stereocenters. The number of nitrogens with zero attached hydrogens (tertiary/aromatic N) is 4. The van der Waals surface area contributed by atoms with E-state index in [-0.39, 0.29) is 11.7 Å². The van der Waals surface area contributed by atoms with Crippen LogP contribution in [0.15, 0.2) is 54.6 Å². The summed E-state index contributed by atoms with van der Waals surface area (Å²) in [7, 11) is 0. The molecule has 0 fully saturated rings. The summed E-state index contributed by atoms with van der Waals surface area (Å²) in [6.07, 6.45) is 0. The van der Waals surface area contributed by atoms with E-state index in [0.717, 1.165) is 36.2 Å². The zero-order chi connectivity index (χ0) is 21.8. The molecule has 0 aliphatic rings. The molecule has 0 bridgehead atoms. The van der Waals surface area contributed by atoms with Crippen LogP contribution in [-0.4, -0.2) is 50.2 Å². The molecule has 2 N–H and O–H groups in total. The monoisotopic (exact) mass is 420 g/mol. The molecule has 0 aliphatic heterocycles. The highest BCUT2D eigenvalue weighted by atomic mass is 19.1. The lowest BCUT2D eigenvalue weighted by Crippen LogP contribution is -2.27. The molecule has 7 nitrogen and oxygen atoms in total. The van der Waals surface area contributed by atoms with Gasteiger partial charge in [-0.2, -0.15) is 5.10 Å². The van der Waals surface area contributed by atoms with Gasteiger partial charge in [0.2, 0.25) is 5.95 Å². The van der Waals surface area contributed by atoms with Gasteiger partial charge < -0.3 is 9.47 Å². The number of nitrogens with one attached hydrogen (secondary N) is 2. The Balaban J connectivity index is 1.57. The van der Waals surface area contributed by atoms with E-state index in [1.165, 1.54) is 12.1 Å². The van der Waals surface area contributed by atoms with E-state index in [0.29, 0.717) is 23.9 Å². The first-order valence-corrected chi connectivity index (χ1v) is 10.4. The number of imidazole rings is 1. The van der Waals surface area contributed by atoms with Crippen LogP contribution in [0, 0.1) is 5.82 Å². The van der Waals surface area contributed by atoms with Crippen molar-refractivity contribution in [2.24, 2.45) is 0 Å². The highest BCUT2D eigenvalue weighted by Gasteiger charge is 2.17.